The summed E-state index contributed by atoms with van der Waals surface area (Å²) in [6.45, 7) is 0. The molecule has 0 fully saturated rings. The van der Waals surface area contributed by atoms with Crippen molar-refractivity contribution in [1.29, 1.82) is 0 Å². The number of thiophene rings is 2. The predicted octanol–water partition coefficient (Wildman–Crippen LogP) is 19.1. The van der Waals surface area contributed by atoms with Gasteiger partial charge in [-0.15, -0.1) is 22.7 Å². The van der Waals surface area contributed by atoms with Crippen molar-refractivity contribution in [3.63, 3.8) is 0 Å². The Kier molecular flexibility index (Phi) is 9.01. The maximum Gasteiger partial charge on any atom is 0.164 e. The molecule has 0 atom stereocenters. The van der Waals surface area contributed by atoms with Gasteiger partial charge in [-0.1, -0.05) is 152 Å². The molecule has 16 rings (SSSR count). The number of benzene rings is 11. The van der Waals surface area contributed by atoms with Gasteiger partial charge in [-0.05, 0) is 112 Å². The molecule has 74 heavy (non-hydrogen) atoms. The molecule has 5 aromatic heterocycles. The highest BCUT2D eigenvalue weighted by atomic mass is 32.1. The van der Waals surface area contributed by atoms with Crippen LogP contribution in [0.1, 0.15) is 0 Å². The summed E-state index contributed by atoms with van der Waals surface area (Å²) < 4.78 is 13.7. The first-order chi connectivity index (χ1) is 36.7. The van der Waals surface area contributed by atoms with Gasteiger partial charge in [0, 0.05) is 84.3 Å². The molecule has 0 aliphatic carbocycles. The van der Waals surface area contributed by atoms with Crippen LogP contribution in [0, 0.1) is 0 Å². The standard InChI is InChI=1S/C67H38N4OS2/c1-2-15-39(16-3-1)44-22-12-25-54-62(44)53-35-40-17-4-5-18-41(40)37-55(53)71(54)43-32-33-46(51(38-43)42-31-34-57-52(36-42)45-19-6-9-26-56(45)72-57)65-68-66(49-23-13-29-60-63(49)47-20-7-10-27-58(47)73-60)70-67(69-65)50-24-14-30-61-64(50)48-21-8-11-28-59(48)74-61/h1-38H. The molecular weight excluding hydrogens is 941 g/mol. The molecule has 0 radical (unpaired) electrons. The number of nitrogens with zero attached hydrogens (tertiary/aromatic N) is 4. The molecule has 11 aromatic carbocycles. The van der Waals surface area contributed by atoms with Crippen LogP contribution < -0.4 is 0 Å². The van der Waals surface area contributed by atoms with E-state index in [4.69, 9.17) is 19.4 Å². The summed E-state index contributed by atoms with van der Waals surface area (Å²) in [6.07, 6.45) is 0. The van der Waals surface area contributed by atoms with Crippen LogP contribution in [0.5, 0.6) is 0 Å². The van der Waals surface area contributed by atoms with Crippen molar-refractivity contribution in [1.82, 2.24) is 19.5 Å². The minimum Gasteiger partial charge on any atom is -0.456 e. The SMILES string of the molecule is c1ccc(-c2cccc3c2c2cc4ccccc4cc2n3-c2ccc(-c3nc(-c4cccc5sc6ccccc6c45)nc(-c4cccc5sc6ccccc6c45)n3)c(-c3ccc4oc5ccccc5c4c3)c2)cc1. The zero-order valence-corrected chi connectivity index (χ0v) is 41.1. The Bertz CT molecular complexity index is 4850. The summed E-state index contributed by atoms with van der Waals surface area (Å²) in [7, 11) is 0. The lowest BCUT2D eigenvalue weighted by Crippen LogP contribution is -2.02. The Hall–Kier alpha value is -9.27. The van der Waals surface area contributed by atoms with Crippen LogP contribution in [-0.4, -0.2) is 19.5 Å². The second kappa shape index (κ2) is 16.1. The molecule has 0 N–H and O–H groups in total. The van der Waals surface area contributed by atoms with E-state index < -0.39 is 0 Å². The van der Waals surface area contributed by atoms with Crippen LogP contribution in [-0.2, 0) is 0 Å². The Morgan fingerprint density at radius 2 is 0.878 bits per heavy atom. The van der Waals surface area contributed by atoms with E-state index in [2.05, 4.69) is 223 Å². The smallest absolute Gasteiger partial charge is 0.164 e. The summed E-state index contributed by atoms with van der Waals surface area (Å²) in [5.41, 5.74) is 12.2. The number of para-hydroxylation sites is 1. The van der Waals surface area contributed by atoms with Crippen molar-refractivity contribution < 1.29 is 4.42 Å². The Balaban J connectivity index is 1.01. The third kappa shape index (κ3) is 6.30. The van der Waals surface area contributed by atoms with Crippen molar-refractivity contribution in [3.05, 3.63) is 231 Å². The average Bonchev–Trinajstić information content (AvgIpc) is 4.25. The normalized spacial score (nSPS) is 12.1. The molecule has 0 spiro atoms. The maximum absolute atomic E-state index is 6.43. The van der Waals surface area contributed by atoms with Crippen LogP contribution >= 0.6 is 22.7 Å². The van der Waals surface area contributed by atoms with Gasteiger partial charge in [-0.3, -0.25) is 0 Å². The number of rotatable bonds is 6. The van der Waals surface area contributed by atoms with Crippen LogP contribution in [0.3, 0.4) is 0 Å². The Labute approximate surface area is 431 Å². The van der Waals surface area contributed by atoms with E-state index in [-0.39, 0.29) is 0 Å². The summed E-state index contributed by atoms with van der Waals surface area (Å²) in [5, 5.41) is 11.6. The highest BCUT2D eigenvalue weighted by Crippen LogP contribution is 2.46. The van der Waals surface area contributed by atoms with Crippen molar-refractivity contribution in [2.24, 2.45) is 0 Å². The molecule has 5 heterocycles. The van der Waals surface area contributed by atoms with Gasteiger partial charge in [0.2, 0.25) is 0 Å². The van der Waals surface area contributed by atoms with Crippen molar-refractivity contribution in [3.8, 4) is 62.1 Å². The fraction of sp³-hybridized carbons (Fsp3) is 0. The molecule has 0 saturated carbocycles. The minimum atomic E-state index is 0.594. The van der Waals surface area contributed by atoms with E-state index in [1.54, 1.807) is 22.7 Å². The highest BCUT2D eigenvalue weighted by molar-refractivity contribution is 7.26. The van der Waals surface area contributed by atoms with E-state index in [1.807, 2.05) is 12.1 Å². The molecule has 5 nitrogen and oxygen atoms in total. The molecule has 0 unspecified atom stereocenters. The molecule has 7 heteroatoms. The van der Waals surface area contributed by atoms with Gasteiger partial charge in [0.1, 0.15) is 11.2 Å². The number of hydrogen-bond acceptors (Lipinski definition) is 6. The topological polar surface area (TPSA) is 56.7 Å². The lowest BCUT2D eigenvalue weighted by molar-refractivity contribution is 0.669. The van der Waals surface area contributed by atoms with E-state index in [9.17, 15) is 0 Å². The van der Waals surface area contributed by atoms with Gasteiger partial charge in [0.05, 0.1) is 11.0 Å². The Morgan fingerprint density at radius 3 is 1.59 bits per heavy atom. The monoisotopic (exact) mass is 978 g/mol. The zero-order chi connectivity index (χ0) is 48.4. The molecule has 0 bridgehead atoms. The number of aromatic nitrogens is 4. The number of hydrogen-bond donors (Lipinski definition) is 0. The summed E-state index contributed by atoms with van der Waals surface area (Å²) in [6, 6.07) is 82.8. The lowest BCUT2D eigenvalue weighted by Gasteiger charge is -2.16. The van der Waals surface area contributed by atoms with E-state index in [1.165, 1.54) is 62.2 Å². The molecular formula is C67H38N4OS2. The van der Waals surface area contributed by atoms with E-state index in [0.717, 1.165) is 77.2 Å². The van der Waals surface area contributed by atoms with Gasteiger partial charge in [0.15, 0.2) is 17.5 Å². The number of fused-ring (bicyclic) bond motifs is 13. The average molecular weight is 979 g/mol. The first-order valence-corrected chi connectivity index (χ1v) is 26.5. The zero-order valence-electron chi connectivity index (χ0n) is 39.5. The van der Waals surface area contributed by atoms with Gasteiger partial charge in [-0.2, -0.15) is 0 Å². The molecule has 344 valence electrons. The third-order valence-electron chi connectivity index (χ3n) is 14.9. The van der Waals surface area contributed by atoms with Crippen molar-refractivity contribution in [2.75, 3.05) is 0 Å². The molecule has 0 aliphatic heterocycles. The summed E-state index contributed by atoms with van der Waals surface area (Å²) >= 11 is 3.60. The first kappa shape index (κ1) is 41.4. The second-order valence-electron chi connectivity index (χ2n) is 19.0. The van der Waals surface area contributed by atoms with Crippen LogP contribution in [0.2, 0.25) is 0 Å². The molecule has 16 aromatic rings. The van der Waals surface area contributed by atoms with Crippen LogP contribution in [0.4, 0.5) is 0 Å². The predicted molar refractivity (Wildman–Crippen MR) is 312 cm³/mol. The van der Waals surface area contributed by atoms with Gasteiger partial charge >= 0.3 is 0 Å². The van der Waals surface area contributed by atoms with Gasteiger partial charge in [-0.25, -0.2) is 15.0 Å². The van der Waals surface area contributed by atoms with Crippen molar-refractivity contribution in [2.45, 2.75) is 0 Å². The maximum atomic E-state index is 6.43. The quantitative estimate of drug-likeness (QED) is 0.167. The lowest BCUT2D eigenvalue weighted by atomic mass is 9.96. The Morgan fingerprint density at radius 1 is 0.311 bits per heavy atom. The van der Waals surface area contributed by atoms with E-state index in [0.29, 0.717) is 17.5 Å². The van der Waals surface area contributed by atoms with Gasteiger partial charge < -0.3 is 8.98 Å². The number of furan rings is 1. The summed E-state index contributed by atoms with van der Waals surface area (Å²) in [4.78, 5) is 16.7. The van der Waals surface area contributed by atoms with Crippen LogP contribution in [0.25, 0.3) is 157 Å². The first-order valence-electron chi connectivity index (χ1n) is 24.8. The largest absolute Gasteiger partial charge is 0.456 e. The second-order valence-corrected chi connectivity index (χ2v) is 21.2. The van der Waals surface area contributed by atoms with Gasteiger partial charge in [0.25, 0.3) is 0 Å². The molecule has 0 aliphatic rings. The molecule has 0 saturated heterocycles. The van der Waals surface area contributed by atoms with Crippen molar-refractivity contribution >= 4 is 118 Å². The highest BCUT2D eigenvalue weighted by Gasteiger charge is 2.24. The summed E-state index contributed by atoms with van der Waals surface area (Å²) in [5.74, 6) is 1.85. The third-order valence-corrected chi connectivity index (χ3v) is 17.1. The fourth-order valence-electron chi connectivity index (χ4n) is 11.5. The van der Waals surface area contributed by atoms with Crippen LogP contribution in [0.15, 0.2) is 235 Å². The molecule has 0 amide bonds. The minimum absolute atomic E-state index is 0.594. The fourth-order valence-corrected chi connectivity index (χ4v) is 13.8. The van der Waals surface area contributed by atoms with E-state index >= 15 is 0 Å².